The molecule has 128 valence electrons. The largest absolute Gasteiger partial charge is 0.491 e. The van der Waals surface area contributed by atoms with E-state index in [0.717, 1.165) is 12.2 Å². The fourth-order valence-electron chi connectivity index (χ4n) is 1.96. The van der Waals surface area contributed by atoms with E-state index in [1.165, 1.54) is 6.20 Å². The smallest absolute Gasteiger partial charge is 0.275 e. The number of anilines is 2. The monoisotopic (exact) mass is 328 g/mol. The molecule has 0 radical (unpaired) electrons. The molecule has 6 heteroatoms. The highest BCUT2D eigenvalue weighted by molar-refractivity contribution is 6.02. The zero-order chi connectivity index (χ0) is 17.5. The number of carbonyl (C=O) groups excluding carboxylic acids is 1. The Morgan fingerprint density at radius 3 is 2.38 bits per heavy atom. The molecule has 1 aromatic heterocycles. The van der Waals surface area contributed by atoms with Gasteiger partial charge in [-0.25, -0.2) is 9.97 Å². The zero-order valence-electron chi connectivity index (χ0n) is 14.5. The van der Waals surface area contributed by atoms with Crippen LogP contribution >= 0.6 is 0 Å². The molecule has 1 amide bonds. The van der Waals surface area contributed by atoms with Crippen molar-refractivity contribution in [3.63, 3.8) is 0 Å². The summed E-state index contributed by atoms with van der Waals surface area (Å²) in [4.78, 5) is 20.6. The molecule has 0 fully saturated rings. The van der Waals surface area contributed by atoms with Crippen LogP contribution in [0.15, 0.2) is 36.7 Å². The van der Waals surface area contributed by atoms with Gasteiger partial charge in [0.1, 0.15) is 17.3 Å². The summed E-state index contributed by atoms with van der Waals surface area (Å²) >= 11 is 0. The highest BCUT2D eigenvalue weighted by Gasteiger charge is 2.09. The molecule has 24 heavy (non-hydrogen) atoms. The van der Waals surface area contributed by atoms with Gasteiger partial charge in [-0.05, 0) is 51.5 Å². The normalized spacial score (nSPS) is 11.9. The first kappa shape index (κ1) is 17.7. The Morgan fingerprint density at radius 2 is 1.83 bits per heavy atom. The van der Waals surface area contributed by atoms with Crippen LogP contribution in [0.1, 0.15) is 44.6 Å². The standard InChI is InChI=1S/C18H24N4O2/c1-5-13(4)21-17-11-19-16(10-20-17)18(23)22-14-6-8-15(9-7-14)24-12(2)3/h6-13H,5H2,1-4H3,(H,20,21)(H,22,23). The van der Waals surface area contributed by atoms with Crippen LogP contribution in [0.25, 0.3) is 0 Å². The predicted molar refractivity (Wildman–Crippen MR) is 95.6 cm³/mol. The molecule has 1 atom stereocenters. The van der Waals surface area contributed by atoms with Crippen molar-refractivity contribution < 1.29 is 9.53 Å². The number of rotatable bonds is 7. The number of benzene rings is 1. The third-order valence-corrected chi connectivity index (χ3v) is 3.38. The fourth-order valence-corrected chi connectivity index (χ4v) is 1.96. The molecule has 0 saturated carbocycles. The van der Waals surface area contributed by atoms with E-state index in [-0.39, 0.29) is 17.7 Å². The van der Waals surface area contributed by atoms with Gasteiger partial charge in [-0.15, -0.1) is 0 Å². The average Bonchev–Trinajstić information content (AvgIpc) is 2.56. The molecule has 2 N–H and O–H groups in total. The average molecular weight is 328 g/mol. The minimum atomic E-state index is -0.296. The Labute approximate surface area is 142 Å². The van der Waals surface area contributed by atoms with Gasteiger partial charge in [0.15, 0.2) is 0 Å². The van der Waals surface area contributed by atoms with Gasteiger partial charge in [-0.1, -0.05) is 6.92 Å². The van der Waals surface area contributed by atoms with Crippen LogP contribution < -0.4 is 15.4 Å². The van der Waals surface area contributed by atoms with Gasteiger partial charge in [0, 0.05) is 11.7 Å². The second kappa shape index (κ2) is 8.29. The lowest BCUT2D eigenvalue weighted by atomic mass is 10.2. The quantitative estimate of drug-likeness (QED) is 0.810. The third kappa shape index (κ3) is 5.22. The number of nitrogens with one attached hydrogen (secondary N) is 2. The van der Waals surface area contributed by atoms with Crippen molar-refractivity contribution >= 4 is 17.4 Å². The molecule has 0 bridgehead atoms. The van der Waals surface area contributed by atoms with Crippen LogP contribution in [0.5, 0.6) is 5.75 Å². The SMILES string of the molecule is CCC(C)Nc1cnc(C(=O)Nc2ccc(OC(C)C)cc2)cn1. The van der Waals surface area contributed by atoms with E-state index in [2.05, 4.69) is 34.4 Å². The van der Waals surface area contributed by atoms with Crippen LogP contribution in [0.3, 0.4) is 0 Å². The van der Waals surface area contributed by atoms with Crippen LogP contribution in [0.2, 0.25) is 0 Å². The molecule has 0 aliphatic rings. The maximum atomic E-state index is 12.2. The summed E-state index contributed by atoms with van der Waals surface area (Å²) in [6, 6.07) is 7.54. The Kier molecular flexibility index (Phi) is 6.12. The van der Waals surface area contributed by atoms with Gasteiger partial charge in [-0.2, -0.15) is 0 Å². The van der Waals surface area contributed by atoms with E-state index in [0.29, 0.717) is 17.5 Å². The number of ether oxygens (including phenoxy) is 1. The van der Waals surface area contributed by atoms with Gasteiger partial charge in [-0.3, -0.25) is 4.79 Å². The second-order valence-electron chi connectivity index (χ2n) is 5.89. The van der Waals surface area contributed by atoms with Gasteiger partial charge in [0.25, 0.3) is 5.91 Å². The van der Waals surface area contributed by atoms with E-state index in [1.807, 2.05) is 26.0 Å². The van der Waals surface area contributed by atoms with Crippen molar-refractivity contribution in [3.05, 3.63) is 42.4 Å². The number of nitrogens with zero attached hydrogens (tertiary/aromatic N) is 2. The Hall–Kier alpha value is -2.63. The first-order valence-corrected chi connectivity index (χ1v) is 8.14. The van der Waals surface area contributed by atoms with E-state index in [9.17, 15) is 4.79 Å². The minimum absolute atomic E-state index is 0.114. The summed E-state index contributed by atoms with van der Waals surface area (Å²) in [5.41, 5.74) is 0.951. The topological polar surface area (TPSA) is 76.1 Å². The van der Waals surface area contributed by atoms with Crippen LogP contribution in [0, 0.1) is 0 Å². The molecule has 1 aromatic carbocycles. The van der Waals surface area contributed by atoms with E-state index < -0.39 is 0 Å². The predicted octanol–water partition coefficient (Wildman–Crippen LogP) is 3.73. The molecule has 1 unspecified atom stereocenters. The van der Waals surface area contributed by atoms with Gasteiger partial charge >= 0.3 is 0 Å². The van der Waals surface area contributed by atoms with Crippen molar-refractivity contribution in [2.75, 3.05) is 10.6 Å². The van der Waals surface area contributed by atoms with E-state index in [4.69, 9.17) is 4.74 Å². The molecule has 2 aromatic rings. The molecule has 0 saturated heterocycles. The third-order valence-electron chi connectivity index (χ3n) is 3.38. The summed E-state index contributed by atoms with van der Waals surface area (Å²) in [7, 11) is 0. The molecular formula is C18H24N4O2. The molecule has 1 heterocycles. The Bertz CT molecular complexity index is 654. The van der Waals surface area contributed by atoms with Crippen molar-refractivity contribution in [2.24, 2.45) is 0 Å². The number of aromatic nitrogens is 2. The van der Waals surface area contributed by atoms with E-state index in [1.54, 1.807) is 18.3 Å². The highest BCUT2D eigenvalue weighted by Crippen LogP contribution is 2.17. The summed E-state index contributed by atoms with van der Waals surface area (Å²) in [6.45, 7) is 8.08. The molecule has 2 rings (SSSR count). The summed E-state index contributed by atoms with van der Waals surface area (Å²) in [5, 5.41) is 6.00. The lowest BCUT2D eigenvalue weighted by Crippen LogP contribution is -2.17. The summed E-state index contributed by atoms with van der Waals surface area (Å²) in [5.74, 6) is 1.13. The second-order valence-corrected chi connectivity index (χ2v) is 5.89. The summed E-state index contributed by atoms with van der Waals surface area (Å²) < 4.78 is 5.57. The van der Waals surface area contributed by atoms with Crippen molar-refractivity contribution in [1.82, 2.24) is 9.97 Å². The van der Waals surface area contributed by atoms with Gasteiger partial charge in [0.05, 0.1) is 18.5 Å². The lowest BCUT2D eigenvalue weighted by molar-refractivity contribution is 0.102. The maximum Gasteiger partial charge on any atom is 0.275 e. The number of hydrogen-bond donors (Lipinski definition) is 2. The van der Waals surface area contributed by atoms with Crippen LogP contribution in [-0.4, -0.2) is 28.0 Å². The van der Waals surface area contributed by atoms with Crippen LogP contribution in [0.4, 0.5) is 11.5 Å². The van der Waals surface area contributed by atoms with E-state index >= 15 is 0 Å². The van der Waals surface area contributed by atoms with Gasteiger partial charge in [0.2, 0.25) is 0 Å². The Morgan fingerprint density at radius 1 is 1.12 bits per heavy atom. The Balaban J connectivity index is 1.96. The van der Waals surface area contributed by atoms with Crippen molar-refractivity contribution in [3.8, 4) is 5.75 Å². The summed E-state index contributed by atoms with van der Waals surface area (Å²) in [6.07, 6.45) is 4.14. The molecule has 6 nitrogen and oxygen atoms in total. The zero-order valence-corrected chi connectivity index (χ0v) is 14.5. The number of hydrogen-bond acceptors (Lipinski definition) is 5. The minimum Gasteiger partial charge on any atom is -0.491 e. The highest BCUT2D eigenvalue weighted by atomic mass is 16.5. The maximum absolute atomic E-state index is 12.2. The number of carbonyl (C=O) groups is 1. The van der Waals surface area contributed by atoms with Crippen molar-refractivity contribution in [2.45, 2.75) is 46.3 Å². The molecular weight excluding hydrogens is 304 g/mol. The first-order valence-electron chi connectivity index (χ1n) is 8.14. The first-order chi connectivity index (χ1) is 11.5. The fraction of sp³-hybridized carbons (Fsp3) is 0.389. The van der Waals surface area contributed by atoms with Crippen molar-refractivity contribution in [1.29, 1.82) is 0 Å². The molecule has 0 spiro atoms. The molecule has 0 aliphatic heterocycles. The molecule has 0 aliphatic carbocycles. The van der Waals surface area contributed by atoms with Gasteiger partial charge < -0.3 is 15.4 Å². The van der Waals surface area contributed by atoms with Crippen LogP contribution in [-0.2, 0) is 0 Å². The lowest BCUT2D eigenvalue weighted by Gasteiger charge is -2.12. The number of amides is 1.